The molecule has 2 heterocycles. The Morgan fingerprint density at radius 3 is 2.60 bits per heavy atom. The fraction of sp³-hybridized carbons (Fsp3) is 0.222. The lowest BCUT2D eigenvalue weighted by molar-refractivity contribution is -0.110. The fourth-order valence-electron chi connectivity index (χ4n) is 4.40. The molecular formula is C27H23ClF2N2O3. The van der Waals surface area contributed by atoms with Gasteiger partial charge >= 0.3 is 0 Å². The first kappa shape index (κ1) is 23.3. The van der Waals surface area contributed by atoms with Crippen molar-refractivity contribution in [2.45, 2.75) is 6.42 Å². The molecule has 0 radical (unpaired) electrons. The molecule has 5 nitrogen and oxygen atoms in total. The molecule has 1 N–H and O–H groups in total. The average Bonchev–Trinajstić information content (AvgIpc) is 3.02. The molecular weight excluding hydrogens is 474 g/mol. The summed E-state index contributed by atoms with van der Waals surface area (Å²) in [5.41, 5.74) is 3.98. The molecule has 35 heavy (non-hydrogen) atoms. The standard InChI is InChI=1S/C27H23ClF2N2O3/c1-34-26-15-23(29)17(12-24(26)30)11-21-20-13-19(22(28)14-25(20)31-27(21)33)16-3-5-18(6-4-16)32-7-2-9-35-10-8-32/h3-6,11-15H,2,7-10H2,1H3,(H,31,33)/b21-11-. The van der Waals surface area contributed by atoms with Crippen molar-refractivity contribution in [3.63, 3.8) is 0 Å². The normalized spacial score (nSPS) is 16.7. The summed E-state index contributed by atoms with van der Waals surface area (Å²) in [4.78, 5) is 15.0. The number of carbonyl (C=O) groups excluding carboxylic acids is 1. The SMILES string of the molecule is COc1cc(F)c(/C=C2\C(=O)Nc3cc(Cl)c(-c4ccc(N5CCCOCC5)cc4)cc32)cc1F. The molecule has 3 aromatic rings. The Morgan fingerprint density at radius 2 is 1.83 bits per heavy atom. The van der Waals surface area contributed by atoms with Crippen molar-refractivity contribution in [2.75, 3.05) is 43.6 Å². The number of fused-ring (bicyclic) bond motifs is 1. The van der Waals surface area contributed by atoms with Gasteiger partial charge < -0.3 is 19.7 Å². The van der Waals surface area contributed by atoms with E-state index in [9.17, 15) is 13.6 Å². The van der Waals surface area contributed by atoms with Crippen LogP contribution in [-0.4, -0.2) is 39.3 Å². The number of benzene rings is 3. The second kappa shape index (κ2) is 9.68. The highest BCUT2D eigenvalue weighted by Gasteiger charge is 2.27. The van der Waals surface area contributed by atoms with E-state index in [4.69, 9.17) is 21.1 Å². The Labute approximate surface area is 206 Å². The molecule has 2 aliphatic heterocycles. The summed E-state index contributed by atoms with van der Waals surface area (Å²) in [5.74, 6) is -2.03. The van der Waals surface area contributed by atoms with Crippen LogP contribution in [0.3, 0.4) is 0 Å². The van der Waals surface area contributed by atoms with Gasteiger partial charge in [0.15, 0.2) is 11.6 Å². The first-order valence-electron chi connectivity index (χ1n) is 11.3. The Morgan fingerprint density at radius 1 is 1.03 bits per heavy atom. The van der Waals surface area contributed by atoms with Gasteiger partial charge in [0.1, 0.15) is 5.82 Å². The Balaban J connectivity index is 1.50. The lowest BCUT2D eigenvalue weighted by Crippen LogP contribution is -2.25. The lowest BCUT2D eigenvalue weighted by Gasteiger charge is -2.22. The molecule has 0 aromatic heterocycles. The number of halogens is 3. The zero-order valence-electron chi connectivity index (χ0n) is 19.0. The highest BCUT2D eigenvalue weighted by Crippen LogP contribution is 2.41. The van der Waals surface area contributed by atoms with Crippen molar-refractivity contribution >= 4 is 40.5 Å². The molecule has 0 atom stereocenters. The Kier molecular flexibility index (Phi) is 6.45. The van der Waals surface area contributed by atoms with Crippen LogP contribution in [-0.2, 0) is 9.53 Å². The minimum Gasteiger partial charge on any atom is -0.494 e. The third kappa shape index (κ3) is 4.61. The molecule has 1 amide bonds. The summed E-state index contributed by atoms with van der Waals surface area (Å²) in [6, 6.07) is 13.5. The van der Waals surface area contributed by atoms with E-state index < -0.39 is 17.5 Å². The number of nitrogens with zero attached hydrogens (tertiary/aromatic N) is 1. The van der Waals surface area contributed by atoms with Gasteiger partial charge in [-0.1, -0.05) is 23.7 Å². The van der Waals surface area contributed by atoms with Crippen LogP contribution >= 0.6 is 11.6 Å². The van der Waals surface area contributed by atoms with E-state index in [2.05, 4.69) is 10.2 Å². The number of hydrogen-bond donors (Lipinski definition) is 1. The van der Waals surface area contributed by atoms with Crippen LogP contribution in [0.5, 0.6) is 5.75 Å². The van der Waals surface area contributed by atoms with E-state index in [0.29, 0.717) is 22.9 Å². The van der Waals surface area contributed by atoms with E-state index in [1.54, 1.807) is 12.1 Å². The molecule has 1 fully saturated rings. The molecule has 0 spiro atoms. The number of hydrogen-bond acceptors (Lipinski definition) is 4. The van der Waals surface area contributed by atoms with Crippen molar-refractivity contribution < 1.29 is 23.0 Å². The number of rotatable bonds is 4. The predicted octanol–water partition coefficient (Wildman–Crippen LogP) is 6.01. The summed E-state index contributed by atoms with van der Waals surface area (Å²) in [5, 5.41) is 3.23. The quantitative estimate of drug-likeness (QED) is 0.449. The van der Waals surface area contributed by atoms with Gasteiger partial charge in [-0.2, -0.15) is 0 Å². The van der Waals surface area contributed by atoms with Crippen molar-refractivity contribution in [1.29, 1.82) is 0 Å². The summed E-state index contributed by atoms with van der Waals surface area (Å²) in [6.45, 7) is 3.25. The van der Waals surface area contributed by atoms with Gasteiger partial charge in [0.25, 0.3) is 5.91 Å². The fourth-order valence-corrected chi connectivity index (χ4v) is 4.67. The van der Waals surface area contributed by atoms with E-state index in [1.807, 2.05) is 24.3 Å². The van der Waals surface area contributed by atoms with E-state index in [0.717, 1.165) is 55.1 Å². The number of amides is 1. The highest BCUT2D eigenvalue weighted by molar-refractivity contribution is 6.38. The van der Waals surface area contributed by atoms with Gasteiger partial charge in [0.05, 0.1) is 24.4 Å². The lowest BCUT2D eigenvalue weighted by atomic mass is 9.97. The maximum absolute atomic E-state index is 14.5. The molecule has 8 heteroatoms. The summed E-state index contributed by atoms with van der Waals surface area (Å²) >= 11 is 6.57. The summed E-state index contributed by atoms with van der Waals surface area (Å²) in [7, 11) is 1.26. The maximum Gasteiger partial charge on any atom is 0.256 e. The zero-order valence-corrected chi connectivity index (χ0v) is 19.8. The van der Waals surface area contributed by atoms with Crippen molar-refractivity contribution in [1.82, 2.24) is 0 Å². The molecule has 0 aliphatic carbocycles. The van der Waals surface area contributed by atoms with Crippen LogP contribution in [0.25, 0.3) is 22.8 Å². The molecule has 5 rings (SSSR count). The van der Waals surface area contributed by atoms with Gasteiger partial charge in [0, 0.05) is 53.7 Å². The molecule has 0 saturated carbocycles. The third-order valence-corrected chi connectivity index (χ3v) is 6.54. The maximum atomic E-state index is 14.5. The van der Waals surface area contributed by atoms with Crippen LogP contribution in [0, 0.1) is 11.6 Å². The van der Waals surface area contributed by atoms with E-state index >= 15 is 0 Å². The first-order valence-corrected chi connectivity index (χ1v) is 11.7. The first-order chi connectivity index (χ1) is 16.9. The number of carbonyl (C=O) groups is 1. The van der Waals surface area contributed by atoms with Crippen molar-refractivity contribution in [3.05, 3.63) is 76.3 Å². The topological polar surface area (TPSA) is 50.8 Å². The van der Waals surface area contributed by atoms with Crippen LogP contribution < -0.4 is 15.0 Å². The number of anilines is 2. The van der Waals surface area contributed by atoms with Crippen LogP contribution in [0.2, 0.25) is 5.02 Å². The van der Waals surface area contributed by atoms with Gasteiger partial charge in [0.2, 0.25) is 0 Å². The van der Waals surface area contributed by atoms with Gasteiger partial charge in [-0.3, -0.25) is 4.79 Å². The molecule has 0 unspecified atom stereocenters. The van der Waals surface area contributed by atoms with Crippen molar-refractivity contribution in [2.24, 2.45) is 0 Å². The molecule has 180 valence electrons. The van der Waals surface area contributed by atoms with Gasteiger partial charge in [-0.25, -0.2) is 8.78 Å². The summed E-state index contributed by atoms with van der Waals surface area (Å²) < 4.78 is 39.1. The summed E-state index contributed by atoms with van der Waals surface area (Å²) in [6.07, 6.45) is 2.31. The van der Waals surface area contributed by atoms with E-state index in [1.165, 1.54) is 13.2 Å². The van der Waals surface area contributed by atoms with Crippen LogP contribution in [0.4, 0.5) is 20.2 Å². The predicted molar refractivity (Wildman–Crippen MR) is 134 cm³/mol. The smallest absolute Gasteiger partial charge is 0.256 e. The third-order valence-electron chi connectivity index (χ3n) is 6.23. The van der Waals surface area contributed by atoms with E-state index in [-0.39, 0.29) is 16.9 Å². The highest BCUT2D eigenvalue weighted by atomic mass is 35.5. The second-order valence-corrected chi connectivity index (χ2v) is 8.81. The Bertz CT molecular complexity index is 1320. The average molecular weight is 497 g/mol. The Hall–Kier alpha value is -3.42. The van der Waals surface area contributed by atoms with Crippen molar-refractivity contribution in [3.8, 4) is 16.9 Å². The van der Waals surface area contributed by atoms with Gasteiger partial charge in [-0.15, -0.1) is 0 Å². The number of methoxy groups -OCH3 is 1. The minimum absolute atomic E-state index is 0.0522. The van der Waals surface area contributed by atoms with Crippen LogP contribution in [0.1, 0.15) is 17.5 Å². The zero-order chi connectivity index (χ0) is 24.5. The largest absolute Gasteiger partial charge is 0.494 e. The molecule has 3 aromatic carbocycles. The molecule has 2 aliphatic rings. The monoisotopic (exact) mass is 496 g/mol. The van der Waals surface area contributed by atoms with Gasteiger partial charge in [-0.05, 0) is 48.4 Å². The second-order valence-electron chi connectivity index (χ2n) is 8.40. The number of nitrogens with one attached hydrogen (secondary N) is 1. The minimum atomic E-state index is -0.716. The molecule has 1 saturated heterocycles. The molecule has 0 bridgehead atoms. The van der Waals surface area contributed by atoms with Crippen LogP contribution in [0.15, 0.2) is 48.5 Å². The number of ether oxygens (including phenoxy) is 2.